The van der Waals surface area contributed by atoms with Gasteiger partial charge in [-0.05, 0) is 37.5 Å². The Morgan fingerprint density at radius 3 is 2.96 bits per heavy atom. The summed E-state index contributed by atoms with van der Waals surface area (Å²) >= 11 is 6.36. The minimum atomic E-state index is 0.351. The minimum Gasteiger partial charge on any atom is -0.351 e. The van der Waals surface area contributed by atoms with E-state index in [9.17, 15) is 0 Å². The first-order chi connectivity index (χ1) is 13.0. The Balaban J connectivity index is 1.65. The van der Waals surface area contributed by atoms with E-state index >= 15 is 0 Å². The highest BCUT2D eigenvalue weighted by molar-refractivity contribution is 6.31. The molecule has 0 amide bonds. The first-order valence-electron chi connectivity index (χ1n) is 9.35. The van der Waals surface area contributed by atoms with Gasteiger partial charge in [0.2, 0.25) is 0 Å². The lowest BCUT2D eigenvalue weighted by Gasteiger charge is -2.35. The van der Waals surface area contributed by atoms with Crippen LogP contribution in [0, 0.1) is 12.8 Å². The van der Waals surface area contributed by atoms with Gasteiger partial charge in [-0.3, -0.25) is 5.10 Å². The van der Waals surface area contributed by atoms with Crippen LogP contribution in [0.5, 0.6) is 0 Å². The highest BCUT2D eigenvalue weighted by Gasteiger charge is 2.24. The van der Waals surface area contributed by atoms with Gasteiger partial charge in [-0.1, -0.05) is 25.4 Å². The van der Waals surface area contributed by atoms with Crippen LogP contribution in [-0.4, -0.2) is 51.1 Å². The number of rotatable bonds is 4. The number of nitrogens with zero attached hydrogens (tertiary/aromatic N) is 5. The van der Waals surface area contributed by atoms with Crippen molar-refractivity contribution < 1.29 is 0 Å². The van der Waals surface area contributed by atoms with E-state index in [1.54, 1.807) is 0 Å². The maximum atomic E-state index is 6.36. The number of piperazine rings is 1. The average Bonchev–Trinajstić information content (AvgIpc) is 3.02. The molecule has 0 aliphatic carbocycles. The molecule has 2 N–H and O–H groups in total. The number of fused-ring (bicyclic) bond motifs is 1. The van der Waals surface area contributed by atoms with Crippen molar-refractivity contribution in [2.24, 2.45) is 5.92 Å². The van der Waals surface area contributed by atoms with Crippen molar-refractivity contribution in [3.63, 3.8) is 0 Å². The fourth-order valence-corrected chi connectivity index (χ4v) is 3.85. The largest absolute Gasteiger partial charge is 0.351 e. The van der Waals surface area contributed by atoms with Gasteiger partial charge >= 0.3 is 0 Å². The zero-order valence-corrected chi connectivity index (χ0v) is 16.6. The second-order valence-corrected chi connectivity index (χ2v) is 7.91. The number of H-pyrrole nitrogens is 1. The molecule has 0 saturated carbocycles. The number of nitrogens with one attached hydrogen (secondary N) is 2. The van der Waals surface area contributed by atoms with E-state index in [1.807, 2.05) is 25.1 Å². The van der Waals surface area contributed by atoms with E-state index < -0.39 is 0 Å². The predicted molar refractivity (Wildman–Crippen MR) is 108 cm³/mol. The second-order valence-electron chi connectivity index (χ2n) is 7.56. The summed E-state index contributed by atoms with van der Waals surface area (Å²) < 4.78 is 0. The number of aromatic nitrogens is 5. The number of benzene rings is 1. The van der Waals surface area contributed by atoms with Crippen LogP contribution in [0.3, 0.4) is 0 Å². The molecule has 1 saturated heterocycles. The SMILES string of the molecule is Cc1[nH]nc2ccc(-c3nnc(Cl)c(N4CCN[C@@H](CC(C)C)C4)n3)cc12. The Hall–Kier alpha value is -2.25. The lowest BCUT2D eigenvalue weighted by molar-refractivity contribution is 0.387. The smallest absolute Gasteiger partial charge is 0.194 e. The molecule has 1 aliphatic rings. The Kier molecular flexibility index (Phi) is 4.97. The Labute approximate surface area is 163 Å². The summed E-state index contributed by atoms with van der Waals surface area (Å²) in [6.45, 7) is 9.12. The third kappa shape index (κ3) is 3.75. The van der Waals surface area contributed by atoms with Gasteiger partial charge in [-0.25, -0.2) is 4.98 Å². The van der Waals surface area contributed by atoms with E-state index in [1.165, 1.54) is 0 Å². The molecule has 1 atom stereocenters. The van der Waals surface area contributed by atoms with Crippen molar-refractivity contribution in [1.29, 1.82) is 0 Å². The maximum absolute atomic E-state index is 6.36. The van der Waals surface area contributed by atoms with Crippen LogP contribution in [0.2, 0.25) is 5.15 Å². The molecule has 0 unspecified atom stereocenters. The van der Waals surface area contributed by atoms with Crippen LogP contribution in [0.1, 0.15) is 26.0 Å². The molecular formula is C19H24ClN7. The van der Waals surface area contributed by atoms with E-state index in [4.69, 9.17) is 16.6 Å². The van der Waals surface area contributed by atoms with Gasteiger partial charge in [0.05, 0.1) is 5.52 Å². The van der Waals surface area contributed by atoms with E-state index in [0.717, 1.165) is 48.2 Å². The molecule has 3 heterocycles. The summed E-state index contributed by atoms with van der Waals surface area (Å²) in [6, 6.07) is 6.41. The molecule has 4 rings (SSSR count). The van der Waals surface area contributed by atoms with Gasteiger partial charge in [-0.15, -0.1) is 10.2 Å². The lowest BCUT2D eigenvalue weighted by Crippen LogP contribution is -2.51. The van der Waals surface area contributed by atoms with Crippen molar-refractivity contribution in [3.8, 4) is 11.4 Å². The van der Waals surface area contributed by atoms with Crippen molar-refractivity contribution >= 4 is 28.3 Å². The number of hydrogen-bond donors (Lipinski definition) is 2. The monoisotopic (exact) mass is 385 g/mol. The van der Waals surface area contributed by atoms with Crippen molar-refractivity contribution in [3.05, 3.63) is 29.0 Å². The fourth-order valence-electron chi connectivity index (χ4n) is 3.65. The zero-order valence-electron chi connectivity index (χ0n) is 15.8. The summed E-state index contributed by atoms with van der Waals surface area (Å²) in [5.74, 6) is 1.93. The molecule has 1 aromatic carbocycles. The van der Waals surface area contributed by atoms with Crippen molar-refractivity contribution in [1.82, 2.24) is 30.7 Å². The van der Waals surface area contributed by atoms with Crippen LogP contribution in [0.4, 0.5) is 5.82 Å². The van der Waals surface area contributed by atoms with Gasteiger partial charge in [0, 0.05) is 42.3 Å². The van der Waals surface area contributed by atoms with Gasteiger partial charge < -0.3 is 10.2 Å². The van der Waals surface area contributed by atoms with E-state index in [-0.39, 0.29) is 0 Å². The van der Waals surface area contributed by atoms with Crippen molar-refractivity contribution in [2.45, 2.75) is 33.2 Å². The van der Waals surface area contributed by atoms with Crippen LogP contribution in [-0.2, 0) is 0 Å². The Morgan fingerprint density at radius 1 is 1.30 bits per heavy atom. The summed E-state index contributed by atoms with van der Waals surface area (Å²) in [6.07, 6.45) is 1.12. The van der Waals surface area contributed by atoms with Crippen LogP contribution in [0.15, 0.2) is 18.2 Å². The molecule has 0 bridgehead atoms. The second kappa shape index (κ2) is 7.40. The molecule has 0 radical (unpaired) electrons. The fraction of sp³-hybridized carbons (Fsp3) is 0.474. The highest BCUT2D eigenvalue weighted by atomic mass is 35.5. The number of aryl methyl sites for hydroxylation is 1. The molecule has 142 valence electrons. The summed E-state index contributed by atoms with van der Waals surface area (Å²) in [5.41, 5.74) is 2.86. The topological polar surface area (TPSA) is 82.6 Å². The Bertz CT molecular complexity index is 952. The molecule has 8 heteroatoms. The minimum absolute atomic E-state index is 0.351. The van der Waals surface area contributed by atoms with Crippen LogP contribution < -0.4 is 10.2 Å². The van der Waals surface area contributed by atoms with Crippen LogP contribution >= 0.6 is 11.6 Å². The van der Waals surface area contributed by atoms with Crippen molar-refractivity contribution in [2.75, 3.05) is 24.5 Å². The molecule has 1 aliphatic heterocycles. The van der Waals surface area contributed by atoms with Gasteiger partial charge in [0.15, 0.2) is 16.8 Å². The molecule has 1 fully saturated rings. The standard InChI is InChI=1S/C19H24ClN7/c1-11(2)8-14-10-27(7-6-21-14)19-17(20)25-26-18(22-19)13-4-5-16-15(9-13)12(3)23-24-16/h4-5,9,11,14,21H,6-8,10H2,1-3H3,(H,23,24)/t14-/m0/s1. The number of anilines is 1. The molecule has 7 nitrogen and oxygen atoms in total. The summed E-state index contributed by atoms with van der Waals surface area (Å²) in [5, 5.41) is 20.7. The summed E-state index contributed by atoms with van der Waals surface area (Å²) in [7, 11) is 0. The Morgan fingerprint density at radius 2 is 2.15 bits per heavy atom. The third-order valence-electron chi connectivity index (χ3n) is 4.94. The third-order valence-corrected chi connectivity index (χ3v) is 5.19. The number of halogens is 1. The average molecular weight is 386 g/mol. The molecule has 27 heavy (non-hydrogen) atoms. The van der Waals surface area contributed by atoms with Gasteiger partial charge in [0.1, 0.15) is 0 Å². The quantitative estimate of drug-likeness (QED) is 0.717. The van der Waals surface area contributed by atoms with E-state index in [2.05, 4.69) is 44.5 Å². The number of aromatic amines is 1. The zero-order chi connectivity index (χ0) is 19.0. The maximum Gasteiger partial charge on any atom is 0.194 e. The molecule has 2 aromatic heterocycles. The first kappa shape index (κ1) is 18.1. The first-order valence-corrected chi connectivity index (χ1v) is 9.72. The number of hydrogen-bond acceptors (Lipinski definition) is 6. The van der Waals surface area contributed by atoms with Gasteiger partial charge in [-0.2, -0.15) is 5.10 Å². The van der Waals surface area contributed by atoms with Crippen LogP contribution in [0.25, 0.3) is 22.3 Å². The molecular weight excluding hydrogens is 362 g/mol. The summed E-state index contributed by atoms with van der Waals surface area (Å²) in [4.78, 5) is 6.98. The lowest BCUT2D eigenvalue weighted by atomic mass is 10.0. The highest BCUT2D eigenvalue weighted by Crippen LogP contribution is 2.27. The normalized spacial score (nSPS) is 17.8. The molecule has 0 spiro atoms. The molecule has 3 aromatic rings. The van der Waals surface area contributed by atoms with E-state index in [0.29, 0.717) is 28.8 Å². The predicted octanol–water partition coefficient (Wildman–Crippen LogP) is 3.20. The van der Waals surface area contributed by atoms with Gasteiger partial charge in [0.25, 0.3) is 0 Å².